The average Bonchev–Trinajstić information content (AvgIpc) is 2.35. The smallest absolute Gasteiger partial charge is 0.0555 e. The zero-order valence-corrected chi connectivity index (χ0v) is 11.6. The highest BCUT2D eigenvalue weighted by molar-refractivity contribution is 5.36. The van der Waals surface area contributed by atoms with E-state index in [2.05, 4.69) is 67.0 Å². The number of likely N-dealkylation sites (N-methyl/N-ethyl adjacent to an activating group) is 2. The molecule has 0 atom stereocenters. The van der Waals surface area contributed by atoms with Gasteiger partial charge in [-0.25, -0.2) is 0 Å². The maximum Gasteiger partial charge on any atom is 0.0555 e. The van der Waals surface area contributed by atoms with Gasteiger partial charge in [-0.2, -0.15) is 0 Å². The van der Waals surface area contributed by atoms with Crippen LogP contribution in [0, 0.1) is 11.8 Å². The predicted molar refractivity (Wildman–Crippen MR) is 77.3 cm³/mol. The minimum atomic E-state index is 0.412. The van der Waals surface area contributed by atoms with E-state index in [0.29, 0.717) is 6.54 Å². The van der Waals surface area contributed by atoms with Gasteiger partial charge in [-0.1, -0.05) is 24.0 Å². The number of hydrogen-bond donors (Lipinski definition) is 1. The van der Waals surface area contributed by atoms with E-state index in [1.54, 1.807) is 0 Å². The molecule has 0 radical (unpaired) electrons. The largest absolute Gasteiger partial charge is 0.320 e. The summed E-state index contributed by atoms with van der Waals surface area (Å²) in [5, 5.41) is 0. The minimum absolute atomic E-state index is 0.412. The molecular weight excluding hydrogens is 222 g/mol. The molecule has 0 saturated carbocycles. The van der Waals surface area contributed by atoms with Crippen molar-refractivity contribution >= 4 is 0 Å². The maximum atomic E-state index is 5.35. The monoisotopic (exact) mass is 245 g/mol. The first kappa shape index (κ1) is 14.7. The Morgan fingerprint density at radius 3 is 2.28 bits per heavy atom. The summed E-state index contributed by atoms with van der Waals surface area (Å²) in [6, 6.07) is 8.37. The summed E-state index contributed by atoms with van der Waals surface area (Å²) in [6.07, 6.45) is 0. The van der Waals surface area contributed by atoms with Gasteiger partial charge >= 0.3 is 0 Å². The first-order valence-corrected chi connectivity index (χ1v) is 6.23. The van der Waals surface area contributed by atoms with Crippen LogP contribution in [0.25, 0.3) is 0 Å². The maximum absolute atomic E-state index is 5.35. The summed E-state index contributed by atoms with van der Waals surface area (Å²) in [6.45, 7) is 3.53. The van der Waals surface area contributed by atoms with Crippen LogP contribution in [0.15, 0.2) is 24.3 Å². The molecule has 1 aromatic rings. The highest BCUT2D eigenvalue weighted by atomic mass is 15.1. The molecule has 0 spiro atoms. The van der Waals surface area contributed by atoms with E-state index < -0.39 is 0 Å². The Labute approximate surface area is 111 Å². The molecule has 0 unspecified atom stereocenters. The van der Waals surface area contributed by atoms with E-state index in [1.165, 1.54) is 5.56 Å². The Kier molecular flexibility index (Phi) is 6.45. The van der Waals surface area contributed by atoms with Gasteiger partial charge < -0.3 is 15.5 Å². The second kappa shape index (κ2) is 7.88. The highest BCUT2D eigenvalue weighted by Gasteiger charge is 2.00. The Bertz CT molecular complexity index is 398. The fourth-order valence-corrected chi connectivity index (χ4v) is 1.61. The predicted octanol–water partition coefficient (Wildman–Crippen LogP) is 0.990. The van der Waals surface area contributed by atoms with Crippen LogP contribution in [0.3, 0.4) is 0 Å². The third-order valence-electron chi connectivity index (χ3n) is 2.67. The van der Waals surface area contributed by atoms with E-state index in [1.807, 2.05) is 0 Å². The van der Waals surface area contributed by atoms with Gasteiger partial charge in [0, 0.05) is 25.2 Å². The lowest BCUT2D eigenvalue weighted by Crippen LogP contribution is -2.28. The molecule has 0 saturated heterocycles. The second-order valence-electron chi connectivity index (χ2n) is 4.74. The molecular formula is C15H23N3. The van der Waals surface area contributed by atoms with Gasteiger partial charge in [0.15, 0.2) is 0 Å². The van der Waals surface area contributed by atoms with Crippen LogP contribution in [-0.4, -0.2) is 50.6 Å². The Balaban J connectivity index is 2.47. The van der Waals surface area contributed by atoms with Crippen molar-refractivity contribution in [1.82, 2.24) is 9.80 Å². The Hall–Kier alpha value is -1.34. The van der Waals surface area contributed by atoms with Gasteiger partial charge in [0.1, 0.15) is 0 Å². The zero-order valence-electron chi connectivity index (χ0n) is 11.6. The lowest BCUT2D eigenvalue weighted by atomic mass is 10.1. The minimum Gasteiger partial charge on any atom is -0.320 e. The lowest BCUT2D eigenvalue weighted by Gasteiger charge is -2.19. The number of nitrogens with zero attached hydrogens (tertiary/aromatic N) is 2. The van der Waals surface area contributed by atoms with Crippen molar-refractivity contribution in [1.29, 1.82) is 0 Å². The van der Waals surface area contributed by atoms with Crippen molar-refractivity contribution in [2.45, 2.75) is 6.54 Å². The lowest BCUT2D eigenvalue weighted by molar-refractivity contribution is 0.276. The van der Waals surface area contributed by atoms with Crippen molar-refractivity contribution in [2.24, 2.45) is 5.73 Å². The van der Waals surface area contributed by atoms with E-state index in [9.17, 15) is 0 Å². The second-order valence-corrected chi connectivity index (χ2v) is 4.74. The molecule has 0 aromatic heterocycles. The molecule has 0 amide bonds. The molecule has 0 bridgehead atoms. The highest BCUT2D eigenvalue weighted by Crippen LogP contribution is 2.05. The fourth-order valence-electron chi connectivity index (χ4n) is 1.61. The van der Waals surface area contributed by atoms with Crippen molar-refractivity contribution in [3.63, 3.8) is 0 Å². The quantitative estimate of drug-likeness (QED) is 0.785. The van der Waals surface area contributed by atoms with Gasteiger partial charge in [-0.3, -0.25) is 0 Å². The van der Waals surface area contributed by atoms with Crippen molar-refractivity contribution in [3.05, 3.63) is 35.4 Å². The first-order chi connectivity index (χ1) is 8.61. The third-order valence-corrected chi connectivity index (χ3v) is 2.67. The molecule has 2 N–H and O–H groups in total. The van der Waals surface area contributed by atoms with Gasteiger partial charge in [-0.05, 0) is 38.8 Å². The molecule has 1 rings (SSSR count). The first-order valence-electron chi connectivity index (χ1n) is 6.23. The molecule has 98 valence electrons. The van der Waals surface area contributed by atoms with Gasteiger partial charge in [0.05, 0.1) is 6.54 Å². The SMILES string of the molecule is CN(C)CCN(C)Cc1ccc(C#CCN)cc1. The van der Waals surface area contributed by atoms with Crippen LogP contribution in [0.5, 0.6) is 0 Å². The van der Waals surface area contributed by atoms with Crippen LogP contribution < -0.4 is 5.73 Å². The van der Waals surface area contributed by atoms with Gasteiger partial charge in [-0.15, -0.1) is 0 Å². The normalized spacial score (nSPS) is 10.6. The molecule has 0 aliphatic heterocycles. The summed E-state index contributed by atoms with van der Waals surface area (Å²) in [5.41, 5.74) is 7.69. The number of rotatable bonds is 5. The van der Waals surface area contributed by atoms with Crippen LogP contribution >= 0.6 is 0 Å². The summed E-state index contributed by atoms with van der Waals surface area (Å²) in [4.78, 5) is 4.52. The van der Waals surface area contributed by atoms with Crippen LogP contribution in [0.2, 0.25) is 0 Å². The topological polar surface area (TPSA) is 32.5 Å². The van der Waals surface area contributed by atoms with Crippen molar-refractivity contribution < 1.29 is 0 Å². The standard InChI is InChI=1S/C15H23N3/c1-17(2)11-12-18(3)13-15-8-6-14(7-9-15)5-4-10-16/h6-9H,10-13,16H2,1-3H3. The van der Waals surface area contributed by atoms with Crippen molar-refractivity contribution in [3.8, 4) is 11.8 Å². The van der Waals surface area contributed by atoms with E-state index >= 15 is 0 Å². The van der Waals surface area contributed by atoms with Gasteiger partial charge in [0.25, 0.3) is 0 Å². The van der Waals surface area contributed by atoms with Crippen LogP contribution in [0.4, 0.5) is 0 Å². The van der Waals surface area contributed by atoms with E-state index in [-0.39, 0.29) is 0 Å². The summed E-state index contributed by atoms with van der Waals surface area (Å²) < 4.78 is 0. The van der Waals surface area contributed by atoms with Crippen molar-refractivity contribution in [2.75, 3.05) is 40.8 Å². The third kappa shape index (κ3) is 5.83. The molecule has 3 nitrogen and oxygen atoms in total. The van der Waals surface area contributed by atoms with Crippen LogP contribution in [-0.2, 0) is 6.54 Å². The molecule has 18 heavy (non-hydrogen) atoms. The van der Waals surface area contributed by atoms with E-state index in [4.69, 9.17) is 5.73 Å². The molecule has 3 heteroatoms. The molecule has 1 aromatic carbocycles. The number of benzene rings is 1. The number of hydrogen-bond acceptors (Lipinski definition) is 3. The van der Waals surface area contributed by atoms with Crippen LogP contribution in [0.1, 0.15) is 11.1 Å². The summed E-state index contributed by atoms with van der Waals surface area (Å²) in [5.74, 6) is 5.89. The summed E-state index contributed by atoms with van der Waals surface area (Å²) >= 11 is 0. The zero-order chi connectivity index (χ0) is 13.4. The fraction of sp³-hybridized carbons (Fsp3) is 0.467. The summed E-state index contributed by atoms with van der Waals surface area (Å²) in [7, 11) is 6.34. The van der Waals surface area contributed by atoms with E-state index in [0.717, 1.165) is 25.2 Å². The number of nitrogens with two attached hydrogens (primary N) is 1. The Morgan fingerprint density at radius 2 is 1.72 bits per heavy atom. The molecule has 0 heterocycles. The molecule has 0 aliphatic rings. The molecule has 0 fully saturated rings. The molecule has 0 aliphatic carbocycles. The van der Waals surface area contributed by atoms with Gasteiger partial charge in [0.2, 0.25) is 0 Å². The average molecular weight is 245 g/mol. The Morgan fingerprint density at radius 1 is 1.06 bits per heavy atom.